The molecule has 8 rings (SSSR count). The molecule has 1 fully saturated rings. The summed E-state index contributed by atoms with van der Waals surface area (Å²) in [4.78, 5) is 4.27. The van der Waals surface area contributed by atoms with Crippen LogP contribution in [0.4, 0.5) is 32.8 Å². The molecule has 6 aromatic carbocycles. The number of halogens is 1. The number of benzene rings is 6. The van der Waals surface area contributed by atoms with E-state index < -0.39 is 5.79 Å². The van der Waals surface area contributed by atoms with Gasteiger partial charge in [0, 0.05) is 40.5 Å². The fraction of sp³-hybridized carbons (Fsp3) is 0.136. The molecule has 3 atom stereocenters. The van der Waals surface area contributed by atoms with Crippen LogP contribution < -0.4 is 9.80 Å². The number of anilines is 5. The predicted molar refractivity (Wildman–Crippen MR) is 196 cm³/mol. The normalized spacial score (nSPS) is 20.1. The molecule has 2 unspecified atom stereocenters. The summed E-state index contributed by atoms with van der Waals surface area (Å²) >= 11 is 0. The Labute approximate surface area is 276 Å². The van der Waals surface area contributed by atoms with E-state index in [1.54, 1.807) is 0 Å². The lowest BCUT2D eigenvalue weighted by atomic mass is 9.71. The van der Waals surface area contributed by atoms with Gasteiger partial charge in [0.15, 0.2) is 5.79 Å². The van der Waals surface area contributed by atoms with Crippen LogP contribution in [0.1, 0.15) is 19.3 Å². The van der Waals surface area contributed by atoms with Gasteiger partial charge >= 0.3 is 0 Å². The molecule has 2 aliphatic carbocycles. The van der Waals surface area contributed by atoms with E-state index in [0.717, 1.165) is 52.4 Å². The third-order valence-corrected chi connectivity index (χ3v) is 9.82. The summed E-state index contributed by atoms with van der Waals surface area (Å²) in [6.07, 6.45) is 10.7. The van der Waals surface area contributed by atoms with Crippen molar-refractivity contribution in [3.8, 4) is 11.1 Å². The van der Waals surface area contributed by atoms with Crippen molar-refractivity contribution in [1.82, 2.24) is 0 Å². The second-order valence-corrected chi connectivity index (χ2v) is 12.6. The van der Waals surface area contributed by atoms with E-state index in [0.29, 0.717) is 6.42 Å². The van der Waals surface area contributed by atoms with Crippen molar-refractivity contribution in [3.63, 3.8) is 0 Å². The molecule has 0 amide bonds. The lowest BCUT2D eigenvalue weighted by Crippen LogP contribution is -2.52. The maximum Gasteiger partial charge on any atom is 0.193 e. The average Bonchev–Trinajstić information content (AvgIpc) is 3.14. The summed E-state index contributed by atoms with van der Waals surface area (Å²) < 4.78 is 17.5. The molecule has 2 aliphatic rings. The standard InChI is InChI=1S/C44H37FN2/c45-44(32-12-16-36-14-8-10-22-42(36)44)47(39-19-5-2-6-20-39)40-30-26-34(27-31-40)33-24-28-38(29-25-33)46(37-17-3-1-4-18-37)43-23-11-15-35-13-7-9-21-41(35)43/h1-11,13-15,17-31,36,42H,12,16,32H2/t36?,42?,44-/m0/s1. The number of hydrogen-bond donors (Lipinski definition) is 0. The maximum absolute atomic E-state index is 17.5. The SMILES string of the molecule is F[C@]1(N(c2ccccc2)c2ccc(-c3ccc(N(c4ccccc4)c4cccc5ccccc45)cc3)cc2)CCCC2C=CC=CC21. The first-order valence-corrected chi connectivity index (χ1v) is 16.6. The van der Waals surface area contributed by atoms with Gasteiger partial charge < -0.3 is 9.80 Å². The first-order chi connectivity index (χ1) is 23.2. The third-order valence-electron chi connectivity index (χ3n) is 9.82. The molecule has 0 bridgehead atoms. The fourth-order valence-corrected chi connectivity index (χ4v) is 7.59. The van der Waals surface area contributed by atoms with Gasteiger partial charge in [-0.25, -0.2) is 4.39 Å². The van der Waals surface area contributed by atoms with Crippen LogP contribution in [0.2, 0.25) is 0 Å². The van der Waals surface area contributed by atoms with E-state index in [1.807, 2.05) is 41.3 Å². The van der Waals surface area contributed by atoms with Crippen LogP contribution in [0.5, 0.6) is 0 Å². The first-order valence-electron chi connectivity index (χ1n) is 16.6. The number of alkyl halides is 1. The molecule has 0 aliphatic heterocycles. The predicted octanol–water partition coefficient (Wildman–Crippen LogP) is 12.3. The number of hydrogen-bond acceptors (Lipinski definition) is 2. The van der Waals surface area contributed by atoms with Crippen molar-refractivity contribution in [2.45, 2.75) is 25.1 Å². The molecule has 0 heterocycles. The van der Waals surface area contributed by atoms with E-state index >= 15 is 4.39 Å². The zero-order valence-corrected chi connectivity index (χ0v) is 26.3. The Morgan fingerprint density at radius 3 is 1.81 bits per heavy atom. The zero-order valence-electron chi connectivity index (χ0n) is 26.3. The molecular formula is C44H37FN2. The average molecular weight is 613 g/mol. The Morgan fingerprint density at radius 2 is 1.09 bits per heavy atom. The second kappa shape index (κ2) is 12.4. The van der Waals surface area contributed by atoms with Crippen LogP contribution >= 0.6 is 0 Å². The molecule has 230 valence electrons. The Bertz CT molecular complexity index is 2030. The first kappa shape index (κ1) is 29.0. The van der Waals surface area contributed by atoms with Crippen molar-refractivity contribution >= 4 is 39.2 Å². The van der Waals surface area contributed by atoms with Gasteiger partial charge in [-0.3, -0.25) is 0 Å². The third kappa shape index (κ3) is 5.42. The number of nitrogens with zero attached hydrogens (tertiary/aromatic N) is 2. The summed E-state index contributed by atoms with van der Waals surface area (Å²) in [6.45, 7) is 0. The highest BCUT2D eigenvalue weighted by atomic mass is 19.1. The van der Waals surface area contributed by atoms with Crippen LogP contribution in [0.15, 0.2) is 176 Å². The summed E-state index contributed by atoms with van der Waals surface area (Å²) in [6, 6.07) is 52.7. The molecule has 1 saturated carbocycles. The van der Waals surface area contributed by atoms with Crippen LogP contribution in [-0.4, -0.2) is 5.79 Å². The van der Waals surface area contributed by atoms with Crippen molar-refractivity contribution in [2.24, 2.45) is 11.8 Å². The topological polar surface area (TPSA) is 6.48 Å². The van der Waals surface area contributed by atoms with Gasteiger partial charge in [0.25, 0.3) is 0 Å². The van der Waals surface area contributed by atoms with Gasteiger partial charge in [-0.05, 0) is 89.9 Å². The molecule has 0 N–H and O–H groups in total. The molecule has 2 nitrogen and oxygen atoms in total. The minimum atomic E-state index is -1.52. The van der Waals surface area contributed by atoms with E-state index in [4.69, 9.17) is 0 Å². The lowest BCUT2D eigenvalue weighted by molar-refractivity contribution is 0.0459. The smallest absolute Gasteiger partial charge is 0.193 e. The molecule has 6 aromatic rings. The van der Waals surface area contributed by atoms with Crippen LogP contribution in [0, 0.1) is 11.8 Å². The van der Waals surface area contributed by atoms with Gasteiger partial charge in [0.1, 0.15) is 0 Å². The highest BCUT2D eigenvalue weighted by molar-refractivity contribution is 5.99. The molecule has 47 heavy (non-hydrogen) atoms. The van der Waals surface area contributed by atoms with Gasteiger partial charge in [-0.2, -0.15) is 0 Å². The maximum atomic E-state index is 17.5. The van der Waals surface area contributed by atoms with Crippen LogP contribution in [-0.2, 0) is 0 Å². The molecule has 0 saturated heterocycles. The summed E-state index contributed by atoms with van der Waals surface area (Å²) in [7, 11) is 0. The van der Waals surface area contributed by atoms with Crippen molar-refractivity contribution in [3.05, 3.63) is 176 Å². The minimum absolute atomic E-state index is 0.192. The summed E-state index contributed by atoms with van der Waals surface area (Å²) in [5, 5.41) is 2.41. The van der Waals surface area contributed by atoms with Crippen LogP contribution in [0.25, 0.3) is 21.9 Å². The molecule has 0 spiro atoms. The van der Waals surface area contributed by atoms with Gasteiger partial charge in [0.2, 0.25) is 0 Å². The van der Waals surface area contributed by atoms with Crippen molar-refractivity contribution in [1.29, 1.82) is 0 Å². The second-order valence-electron chi connectivity index (χ2n) is 12.6. The van der Waals surface area contributed by atoms with Gasteiger partial charge in [0.05, 0.1) is 5.69 Å². The minimum Gasteiger partial charge on any atom is -0.310 e. The van der Waals surface area contributed by atoms with E-state index in [2.05, 4.69) is 144 Å². The molecule has 0 aromatic heterocycles. The van der Waals surface area contributed by atoms with E-state index in [1.165, 1.54) is 10.8 Å². The number of allylic oxidation sites excluding steroid dienone is 3. The molecule has 0 radical (unpaired) electrons. The zero-order chi connectivity index (χ0) is 31.6. The molecule has 3 heteroatoms. The monoisotopic (exact) mass is 612 g/mol. The number of rotatable bonds is 7. The van der Waals surface area contributed by atoms with E-state index in [-0.39, 0.29) is 11.8 Å². The number of fused-ring (bicyclic) bond motifs is 2. The van der Waals surface area contributed by atoms with Crippen LogP contribution in [0.3, 0.4) is 0 Å². The Morgan fingerprint density at radius 1 is 0.532 bits per heavy atom. The quantitative estimate of drug-likeness (QED) is 0.166. The number of para-hydroxylation sites is 2. The fourth-order valence-electron chi connectivity index (χ4n) is 7.59. The summed E-state index contributed by atoms with van der Waals surface area (Å²) in [5.74, 6) is -1.49. The van der Waals surface area contributed by atoms with Crippen molar-refractivity contribution in [2.75, 3.05) is 9.80 Å². The Kier molecular flexibility index (Phi) is 7.67. The summed E-state index contributed by atoms with van der Waals surface area (Å²) in [5.41, 5.74) is 7.30. The van der Waals surface area contributed by atoms with Gasteiger partial charge in [-0.15, -0.1) is 0 Å². The Balaban J connectivity index is 1.14. The largest absolute Gasteiger partial charge is 0.310 e. The van der Waals surface area contributed by atoms with E-state index in [9.17, 15) is 0 Å². The lowest BCUT2D eigenvalue weighted by Gasteiger charge is -2.49. The van der Waals surface area contributed by atoms with Crippen molar-refractivity contribution < 1.29 is 4.39 Å². The highest BCUT2D eigenvalue weighted by Crippen LogP contribution is 2.50. The molecular weight excluding hydrogens is 575 g/mol. The van der Waals surface area contributed by atoms with Gasteiger partial charge in [-0.1, -0.05) is 121 Å². The highest BCUT2D eigenvalue weighted by Gasteiger charge is 2.49. The Hall–Kier alpha value is -5.41.